The molecule has 3 heteroatoms. The summed E-state index contributed by atoms with van der Waals surface area (Å²) in [6, 6.07) is 37.7. The molecule has 0 amide bonds. The molecule has 8 aliphatic rings. The van der Waals surface area contributed by atoms with Crippen LogP contribution in [0.3, 0.4) is 0 Å². The number of hydrogen-bond donors (Lipinski definition) is 0. The molecule has 41 heavy (non-hydrogen) atoms. The first-order chi connectivity index (χ1) is 20.2. The summed E-state index contributed by atoms with van der Waals surface area (Å²) in [7, 11) is 0. The first-order valence-electron chi connectivity index (χ1n) is 14.8. The summed E-state index contributed by atoms with van der Waals surface area (Å²) in [6.45, 7) is 0. The molecule has 13 rings (SSSR count). The Hall–Kier alpha value is -2.98. The molecule has 1 fully saturated rings. The van der Waals surface area contributed by atoms with Crippen molar-refractivity contribution in [3.05, 3.63) is 173 Å². The van der Waals surface area contributed by atoms with Crippen LogP contribution in [0, 0.1) is 11.8 Å². The van der Waals surface area contributed by atoms with Crippen LogP contribution in [0.2, 0.25) is 0 Å². The van der Waals surface area contributed by atoms with Gasteiger partial charge >= 0.3 is 0 Å². The predicted octanol–water partition coefficient (Wildman–Crippen LogP) is 9.85. The zero-order chi connectivity index (χ0) is 26.7. The Morgan fingerprint density at radius 3 is 1.15 bits per heavy atom. The molecule has 0 saturated carbocycles. The van der Waals surface area contributed by atoms with Crippen molar-refractivity contribution in [1.29, 1.82) is 0 Å². The molecule has 0 unspecified atom stereocenters. The first-order valence-corrected chi connectivity index (χ1v) is 16.4. The average Bonchev–Trinajstić information content (AvgIpc) is 3.57. The molecule has 0 N–H and O–H groups in total. The summed E-state index contributed by atoms with van der Waals surface area (Å²) in [5.74, 6) is 2.27. The van der Waals surface area contributed by atoms with E-state index in [0.29, 0.717) is 35.5 Å². The Morgan fingerprint density at radius 2 is 0.756 bits per heavy atom. The molecule has 6 aliphatic carbocycles. The van der Waals surface area contributed by atoms with Crippen LogP contribution in [0.1, 0.15) is 103 Å². The minimum atomic E-state index is 0.146. The Balaban J connectivity index is 1.18. The smallest absolute Gasteiger partial charge is 0.0878 e. The van der Waals surface area contributed by atoms with Crippen molar-refractivity contribution in [2.45, 2.75) is 35.9 Å². The molecule has 0 spiro atoms. The third-order valence-electron chi connectivity index (χ3n) is 11.4. The van der Waals surface area contributed by atoms with E-state index in [4.69, 9.17) is 4.74 Å². The molecule has 2 heterocycles. The van der Waals surface area contributed by atoms with Crippen molar-refractivity contribution < 1.29 is 4.74 Å². The van der Waals surface area contributed by atoms with E-state index in [0.717, 1.165) is 8.95 Å². The second-order valence-corrected chi connectivity index (χ2v) is 14.6. The largest absolute Gasteiger partial charge is 0.365 e. The van der Waals surface area contributed by atoms with Crippen LogP contribution in [0.4, 0.5) is 0 Å². The van der Waals surface area contributed by atoms with E-state index in [1.165, 1.54) is 55.6 Å². The van der Waals surface area contributed by atoms with Crippen molar-refractivity contribution in [1.82, 2.24) is 0 Å². The van der Waals surface area contributed by atoms with Gasteiger partial charge in [-0.1, -0.05) is 84.9 Å². The molecule has 5 aromatic carbocycles. The topological polar surface area (TPSA) is 9.23 Å². The monoisotopic (exact) mass is 654 g/mol. The number of rotatable bonds is 0. The molecular formula is C38H24Br2O. The second-order valence-electron chi connectivity index (χ2n) is 12.8. The van der Waals surface area contributed by atoms with Crippen LogP contribution < -0.4 is 0 Å². The van der Waals surface area contributed by atoms with Gasteiger partial charge in [0, 0.05) is 44.5 Å². The van der Waals surface area contributed by atoms with Gasteiger partial charge in [0.1, 0.15) is 0 Å². The SMILES string of the molecule is Brc1cc2c(cc1Br)[C@H]1O[C@H]2[C@H]2[C@H]3c4ccccc4[C@@H](c4cc5c(cc43)C3c4ccccc4C5c4ccccc43)[C@@H]21. The molecule has 1 saturated heterocycles. The van der Waals surface area contributed by atoms with Gasteiger partial charge in [0.15, 0.2) is 0 Å². The van der Waals surface area contributed by atoms with E-state index in [1.54, 1.807) is 11.1 Å². The van der Waals surface area contributed by atoms with Crippen molar-refractivity contribution in [3.8, 4) is 0 Å². The molecule has 196 valence electrons. The maximum atomic E-state index is 6.98. The lowest BCUT2D eigenvalue weighted by Gasteiger charge is -2.52. The van der Waals surface area contributed by atoms with Gasteiger partial charge in [-0.25, -0.2) is 0 Å². The fourth-order valence-electron chi connectivity index (χ4n) is 10.2. The van der Waals surface area contributed by atoms with Crippen molar-refractivity contribution in [2.24, 2.45) is 11.8 Å². The van der Waals surface area contributed by atoms with Gasteiger partial charge in [0.2, 0.25) is 0 Å². The lowest BCUT2D eigenvalue weighted by Crippen LogP contribution is -2.42. The standard InChI is InChI=1S/C38H24Br2O/c39-29-15-27-28(16-30(29)40)38-36-34-22-12-6-5-11-21(22)33(35(36)37(27)41-38)25-13-23-24(14-26(25)34)32-18-8-2-1-7-17(18)31(23)19-9-3-4-10-20(19)32/h1-16,31-38H/t31?,32?,33-,34-,35-,36-,37+,38+/m0/s1. The highest BCUT2D eigenvalue weighted by molar-refractivity contribution is 9.13. The third kappa shape index (κ3) is 2.53. The van der Waals surface area contributed by atoms with Gasteiger partial charge in [0.05, 0.1) is 12.2 Å². The fourth-order valence-corrected chi connectivity index (χ4v) is 10.9. The number of fused-ring (bicyclic) bond motifs is 5. The third-order valence-corrected chi connectivity index (χ3v) is 13.3. The Morgan fingerprint density at radius 1 is 0.390 bits per heavy atom. The highest BCUT2D eigenvalue weighted by Crippen LogP contribution is 2.73. The van der Waals surface area contributed by atoms with Crippen molar-refractivity contribution in [3.63, 3.8) is 0 Å². The highest BCUT2D eigenvalue weighted by Gasteiger charge is 2.63. The highest BCUT2D eigenvalue weighted by atomic mass is 79.9. The summed E-state index contributed by atoms with van der Waals surface area (Å²) in [5, 5.41) is 0. The van der Waals surface area contributed by atoms with E-state index >= 15 is 0 Å². The maximum absolute atomic E-state index is 6.98. The zero-order valence-corrected chi connectivity index (χ0v) is 25.2. The second kappa shape index (κ2) is 7.50. The lowest BCUT2D eigenvalue weighted by atomic mass is 9.49. The van der Waals surface area contributed by atoms with Crippen molar-refractivity contribution >= 4 is 31.9 Å². The summed E-state index contributed by atoms with van der Waals surface area (Å²) >= 11 is 7.57. The molecule has 0 radical (unpaired) electrons. The molecule has 6 atom stereocenters. The summed E-state index contributed by atoms with van der Waals surface area (Å²) in [6.07, 6.45) is 0.291. The summed E-state index contributed by atoms with van der Waals surface area (Å²) in [4.78, 5) is 0. The fraction of sp³-hybridized carbons (Fsp3) is 0.211. The Labute approximate surface area is 255 Å². The van der Waals surface area contributed by atoms with Gasteiger partial charge in [-0.3, -0.25) is 0 Å². The van der Waals surface area contributed by atoms with E-state index in [2.05, 4.69) is 129 Å². The Bertz CT molecular complexity index is 1840. The summed E-state index contributed by atoms with van der Waals surface area (Å²) in [5.41, 5.74) is 18.0. The van der Waals surface area contributed by atoms with E-state index in [-0.39, 0.29) is 12.2 Å². The van der Waals surface area contributed by atoms with Crippen LogP contribution >= 0.6 is 31.9 Å². The van der Waals surface area contributed by atoms with E-state index < -0.39 is 0 Å². The first kappa shape index (κ1) is 22.6. The van der Waals surface area contributed by atoms with Gasteiger partial charge in [-0.2, -0.15) is 0 Å². The van der Waals surface area contributed by atoms with E-state index in [1.807, 2.05) is 0 Å². The minimum absolute atomic E-state index is 0.146. The molecular weight excluding hydrogens is 632 g/mol. The van der Waals surface area contributed by atoms with Crippen LogP contribution in [-0.2, 0) is 4.74 Å². The van der Waals surface area contributed by atoms with Crippen LogP contribution in [-0.4, -0.2) is 0 Å². The maximum Gasteiger partial charge on any atom is 0.0878 e. The number of benzene rings is 5. The Kier molecular flexibility index (Phi) is 4.13. The number of ether oxygens (including phenoxy) is 1. The van der Waals surface area contributed by atoms with E-state index in [9.17, 15) is 0 Å². The normalized spacial score (nSPS) is 31.1. The van der Waals surface area contributed by atoms with Crippen molar-refractivity contribution in [2.75, 3.05) is 0 Å². The van der Waals surface area contributed by atoms with Gasteiger partial charge in [-0.15, -0.1) is 0 Å². The van der Waals surface area contributed by atoms with Gasteiger partial charge in [-0.05, 0) is 111 Å². The zero-order valence-electron chi connectivity index (χ0n) is 22.0. The van der Waals surface area contributed by atoms with Crippen LogP contribution in [0.25, 0.3) is 0 Å². The van der Waals surface area contributed by atoms with Gasteiger partial charge in [0.25, 0.3) is 0 Å². The molecule has 5 aromatic rings. The minimum Gasteiger partial charge on any atom is -0.365 e. The predicted molar refractivity (Wildman–Crippen MR) is 167 cm³/mol. The number of halogens is 2. The molecule has 0 aromatic heterocycles. The molecule has 1 nitrogen and oxygen atoms in total. The molecule has 6 bridgehead atoms. The number of hydrogen-bond acceptors (Lipinski definition) is 1. The summed E-state index contributed by atoms with van der Waals surface area (Å²) < 4.78 is 9.22. The van der Waals surface area contributed by atoms with Crippen LogP contribution in [0.5, 0.6) is 0 Å². The molecule has 2 aliphatic heterocycles. The lowest BCUT2D eigenvalue weighted by molar-refractivity contribution is 0.0533. The quantitative estimate of drug-likeness (QED) is 0.158. The van der Waals surface area contributed by atoms with Gasteiger partial charge < -0.3 is 4.74 Å². The van der Waals surface area contributed by atoms with Crippen LogP contribution in [0.15, 0.2) is 106 Å². The average molecular weight is 656 g/mol.